The van der Waals surface area contributed by atoms with E-state index in [4.69, 9.17) is 21.1 Å². The average molecular weight is 506 g/mol. The second-order valence-corrected chi connectivity index (χ2v) is 12.5. The van der Waals surface area contributed by atoms with E-state index in [1.807, 2.05) is 6.08 Å². The Kier molecular flexibility index (Phi) is 6.52. The van der Waals surface area contributed by atoms with Crippen molar-refractivity contribution in [1.82, 2.24) is 4.90 Å². The van der Waals surface area contributed by atoms with Gasteiger partial charge in [-0.15, -0.1) is 0 Å². The van der Waals surface area contributed by atoms with Gasteiger partial charge in [0.05, 0.1) is 25.2 Å². The maximum atomic E-state index is 13.5. The molecule has 0 aromatic heterocycles. The Morgan fingerprint density at radius 2 is 2.11 bits per heavy atom. The summed E-state index contributed by atoms with van der Waals surface area (Å²) in [5.74, 6) is 0.259. The Bertz CT molecular complexity index is 934. The van der Waals surface area contributed by atoms with E-state index in [1.54, 1.807) is 0 Å². The molecule has 6 nitrogen and oxygen atoms in total. The van der Waals surface area contributed by atoms with Crippen molar-refractivity contribution >= 4 is 23.9 Å². The van der Waals surface area contributed by atoms with Crippen molar-refractivity contribution in [2.45, 2.75) is 65.7 Å². The number of ether oxygens (including phenoxy) is 2. The van der Waals surface area contributed by atoms with Gasteiger partial charge in [-0.1, -0.05) is 56.5 Å². The predicted octanol–water partition coefficient (Wildman–Crippen LogP) is 4.73. The van der Waals surface area contributed by atoms with Crippen LogP contribution in [0.4, 0.5) is 0 Å². The highest BCUT2D eigenvalue weighted by atomic mass is 35.5. The largest absolute Gasteiger partial charge is 0.481 e. The molecular formula is C28H40ClNO5. The molecule has 0 aromatic carbocycles. The van der Waals surface area contributed by atoms with Crippen LogP contribution in [0.3, 0.4) is 0 Å². The fraction of sp³-hybridized carbons (Fsp3) is 0.786. The van der Waals surface area contributed by atoms with E-state index in [1.165, 1.54) is 5.54 Å². The number of aliphatic carboxylic acids is 1. The molecule has 1 aliphatic heterocycles. The highest BCUT2D eigenvalue weighted by Gasteiger charge is 2.84. The van der Waals surface area contributed by atoms with Crippen LogP contribution in [-0.2, 0) is 19.1 Å². The summed E-state index contributed by atoms with van der Waals surface area (Å²) in [6, 6.07) is 0.251. The molecule has 194 valence electrons. The number of rotatable bonds is 8. The van der Waals surface area contributed by atoms with E-state index in [9.17, 15) is 14.7 Å². The Balaban J connectivity index is 1.52. The molecule has 5 rings (SSSR count). The minimum Gasteiger partial charge on any atom is -0.481 e. The van der Waals surface area contributed by atoms with Crippen LogP contribution in [0.2, 0.25) is 0 Å². The number of carboxylic acids is 1. The van der Waals surface area contributed by atoms with E-state index in [2.05, 4.69) is 38.7 Å². The first-order chi connectivity index (χ1) is 16.7. The van der Waals surface area contributed by atoms with Crippen molar-refractivity contribution in [3.05, 3.63) is 23.3 Å². The molecule has 1 saturated heterocycles. The van der Waals surface area contributed by atoms with Crippen molar-refractivity contribution in [1.29, 1.82) is 0 Å². The lowest BCUT2D eigenvalue weighted by Gasteiger charge is -2.58. The Morgan fingerprint density at radius 1 is 1.34 bits per heavy atom. The standard InChI is InChI=1S/C28H40ClNO5/c1-17(2)23-10-20-11-26(15-31)22-7-6-18(3)21(22)12-27(20,28(23,26)25(32)33)16-35-24-13-30(9-5-8-29)19(4)14-34-24/h5,8,10,15,17-22,24H,6-7,9,11-14,16H2,1-4H3,(H,32,33)/t18-,19?,20+,21-,22-,24+,26+,27+,28+/m1/s1. The number of halogens is 1. The summed E-state index contributed by atoms with van der Waals surface area (Å²) in [5, 5.41) is 11.1. The third kappa shape index (κ3) is 3.25. The first-order valence-corrected chi connectivity index (χ1v) is 13.8. The average Bonchev–Trinajstić information content (AvgIpc) is 3.40. The fourth-order valence-corrected chi connectivity index (χ4v) is 9.26. The molecule has 4 bridgehead atoms. The van der Waals surface area contributed by atoms with Gasteiger partial charge in [-0.2, -0.15) is 0 Å². The molecule has 1 heterocycles. The molecule has 0 radical (unpaired) electrons. The molecule has 5 aliphatic rings. The van der Waals surface area contributed by atoms with E-state index < -0.39 is 28.5 Å². The summed E-state index contributed by atoms with van der Waals surface area (Å²) in [7, 11) is 0. The number of nitrogens with zero attached hydrogens (tertiary/aromatic N) is 1. The van der Waals surface area contributed by atoms with Crippen LogP contribution in [0.1, 0.15) is 53.4 Å². The molecule has 9 atom stereocenters. The molecule has 7 heteroatoms. The summed E-state index contributed by atoms with van der Waals surface area (Å²) in [6.07, 6.45) is 8.22. The minimum atomic E-state index is -1.20. The highest BCUT2D eigenvalue weighted by Crippen LogP contribution is 2.82. The summed E-state index contributed by atoms with van der Waals surface area (Å²) in [6.45, 7) is 10.7. The zero-order chi connectivity index (χ0) is 25.2. The van der Waals surface area contributed by atoms with Gasteiger partial charge in [0.15, 0.2) is 6.29 Å². The lowest BCUT2D eigenvalue weighted by Crippen LogP contribution is -2.64. The maximum absolute atomic E-state index is 13.5. The first-order valence-electron chi connectivity index (χ1n) is 13.3. The Labute approximate surface area is 214 Å². The van der Waals surface area contributed by atoms with Crippen LogP contribution in [0.5, 0.6) is 0 Å². The van der Waals surface area contributed by atoms with Crippen LogP contribution in [0, 0.1) is 45.8 Å². The molecule has 0 aromatic rings. The van der Waals surface area contributed by atoms with Crippen molar-refractivity contribution < 1.29 is 24.2 Å². The lowest BCUT2D eigenvalue weighted by atomic mass is 9.43. The summed E-state index contributed by atoms with van der Waals surface area (Å²) in [4.78, 5) is 28.9. The zero-order valence-corrected chi connectivity index (χ0v) is 22.2. The summed E-state index contributed by atoms with van der Waals surface area (Å²) >= 11 is 5.76. The molecule has 4 fully saturated rings. The summed E-state index contributed by atoms with van der Waals surface area (Å²) < 4.78 is 12.6. The van der Waals surface area contributed by atoms with Crippen LogP contribution in [0.15, 0.2) is 23.3 Å². The third-order valence-electron chi connectivity index (χ3n) is 10.6. The molecule has 1 unspecified atom stereocenters. The second kappa shape index (κ2) is 8.97. The number of carbonyl (C=O) groups is 2. The van der Waals surface area contributed by atoms with Crippen molar-refractivity contribution in [3.63, 3.8) is 0 Å². The van der Waals surface area contributed by atoms with Gasteiger partial charge in [0.2, 0.25) is 0 Å². The van der Waals surface area contributed by atoms with Gasteiger partial charge >= 0.3 is 5.97 Å². The SMILES string of the molecule is CC(C)C1=C[C@H]2C[C@]3(C=O)[C@@H]4CC[C@@H](C)[C@H]4C[C@@]2(CO[C@H]2CN(CC=CCl)C(C)CO2)[C@]13C(=O)O. The van der Waals surface area contributed by atoms with Gasteiger partial charge in [0.1, 0.15) is 11.7 Å². The van der Waals surface area contributed by atoms with Gasteiger partial charge < -0.3 is 19.4 Å². The van der Waals surface area contributed by atoms with Gasteiger partial charge in [-0.05, 0) is 55.8 Å². The molecule has 0 spiro atoms. The number of fused-ring (bicyclic) bond motifs is 2. The van der Waals surface area contributed by atoms with E-state index in [0.717, 1.165) is 37.7 Å². The molecule has 35 heavy (non-hydrogen) atoms. The fourth-order valence-electron chi connectivity index (χ4n) is 9.18. The predicted molar refractivity (Wildman–Crippen MR) is 134 cm³/mol. The molecular weight excluding hydrogens is 466 g/mol. The Morgan fingerprint density at radius 3 is 2.77 bits per heavy atom. The topological polar surface area (TPSA) is 76.1 Å². The van der Waals surface area contributed by atoms with Crippen molar-refractivity contribution in [2.75, 3.05) is 26.3 Å². The molecule has 0 amide bonds. The van der Waals surface area contributed by atoms with Gasteiger partial charge in [-0.3, -0.25) is 9.69 Å². The monoisotopic (exact) mass is 505 g/mol. The normalized spacial score (nSPS) is 46.9. The molecule has 3 saturated carbocycles. The van der Waals surface area contributed by atoms with E-state index in [0.29, 0.717) is 38.0 Å². The number of carboxylic acid groups (broad SMARTS) is 1. The quantitative estimate of drug-likeness (QED) is 0.380. The highest BCUT2D eigenvalue weighted by molar-refractivity contribution is 6.25. The van der Waals surface area contributed by atoms with Crippen LogP contribution in [0.25, 0.3) is 0 Å². The molecule has 4 aliphatic carbocycles. The Hall–Kier alpha value is -1.21. The second-order valence-electron chi connectivity index (χ2n) is 12.2. The number of hydrogen-bond donors (Lipinski definition) is 1. The van der Waals surface area contributed by atoms with Crippen LogP contribution in [-0.4, -0.2) is 60.9 Å². The van der Waals surface area contributed by atoms with Crippen molar-refractivity contribution in [2.24, 2.45) is 45.8 Å². The zero-order valence-electron chi connectivity index (χ0n) is 21.4. The number of morpholine rings is 1. The van der Waals surface area contributed by atoms with Crippen LogP contribution >= 0.6 is 11.6 Å². The molecule has 1 N–H and O–H groups in total. The van der Waals surface area contributed by atoms with Crippen LogP contribution < -0.4 is 0 Å². The maximum Gasteiger partial charge on any atom is 0.315 e. The lowest BCUT2D eigenvalue weighted by molar-refractivity contribution is -0.227. The van der Waals surface area contributed by atoms with Gasteiger partial charge in [-0.25, -0.2) is 0 Å². The van der Waals surface area contributed by atoms with Gasteiger partial charge in [0.25, 0.3) is 0 Å². The third-order valence-corrected chi connectivity index (χ3v) is 10.8. The number of carbonyl (C=O) groups excluding carboxylic acids is 1. The summed E-state index contributed by atoms with van der Waals surface area (Å²) in [5.41, 5.74) is -0.194. The smallest absolute Gasteiger partial charge is 0.315 e. The van der Waals surface area contributed by atoms with Gasteiger partial charge in [0, 0.05) is 23.5 Å². The minimum absolute atomic E-state index is 0.0387. The van der Waals surface area contributed by atoms with E-state index in [-0.39, 0.29) is 23.8 Å². The van der Waals surface area contributed by atoms with Crippen molar-refractivity contribution in [3.8, 4) is 0 Å². The number of aldehydes is 1. The number of allylic oxidation sites excluding steroid dienone is 1. The van der Waals surface area contributed by atoms with E-state index >= 15 is 0 Å². The number of hydrogen-bond acceptors (Lipinski definition) is 5. The first kappa shape index (κ1) is 25.4.